The van der Waals surface area contributed by atoms with Crippen LogP contribution in [0.3, 0.4) is 0 Å². The van der Waals surface area contributed by atoms with Crippen LogP contribution in [0.5, 0.6) is 0 Å². The monoisotopic (exact) mass is 587 g/mol. The van der Waals surface area contributed by atoms with Gasteiger partial charge in [0.25, 0.3) is 21.5 Å². The molecule has 0 saturated carbocycles. The summed E-state index contributed by atoms with van der Waals surface area (Å²) in [4.78, 5) is 44.9. The average Bonchev–Trinajstić information content (AvgIpc) is 3.36. The largest absolute Gasteiger partial charge is 0.388 e. The van der Waals surface area contributed by atoms with Gasteiger partial charge in [-0.05, 0) is 56.6 Å². The van der Waals surface area contributed by atoms with Gasteiger partial charge in [0.1, 0.15) is 10.0 Å². The Morgan fingerprint density at radius 1 is 1.07 bits per heavy atom. The molecule has 1 aromatic carbocycles. The Morgan fingerprint density at radius 2 is 1.82 bits per heavy atom. The highest BCUT2D eigenvalue weighted by Crippen LogP contribution is 2.22. The number of benzene rings is 1. The number of carbonyl (C=O) groups is 2. The maximum Gasteiger partial charge on any atom is 0.333 e. The number of amides is 3. The highest BCUT2D eigenvalue weighted by molar-refractivity contribution is 7.92. The van der Waals surface area contributed by atoms with Crippen LogP contribution in [0, 0.1) is 5.13 Å². The summed E-state index contributed by atoms with van der Waals surface area (Å²) in [7, 11) is 1.25. The number of nitrogens with zero attached hydrogens (tertiary/aromatic N) is 3. The third kappa shape index (κ3) is 6.44. The molecule has 3 amide bonds. The number of hydrogen-bond donors (Lipinski definition) is 4. The lowest BCUT2D eigenvalue weighted by molar-refractivity contribution is 0.0952. The van der Waals surface area contributed by atoms with E-state index >= 15 is 0 Å². The van der Waals surface area contributed by atoms with Crippen molar-refractivity contribution in [3.63, 3.8) is 0 Å². The number of nitrogens with one attached hydrogen (secondary N) is 4. The summed E-state index contributed by atoms with van der Waals surface area (Å²) in [6, 6.07) is 8.86. The van der Waals surface area contributed by atoms with Crippen LogP contribution < -0.4 is 26.2 Å². The van der Waals surface area contributed by atoms with Crippen LogP contribution in [0.25, 0.3) is 16.6 Å². The molecule has 210 valence electrons. The van der Waals surface area contributed by atoms with Crippen molar-refractivity contribution in [2.75, 3.05) is 44.9 Å². The van der Waals surface area contributed by atoms with E-state index in [9.17, 15) is 27.2 Å². The number of carbonyl (C=O) groups excluding carboxylic acids is 2. The predicted molar refractivity (Wildman–Crippen MR) is 151 cm³/mol. The highest BCUT2D eigenvalue weighted by atomic mass is 32.2. The second kappa shape index (κ2) is 11.8. The van der Waals surface area contributed by atoms with Crippen LogP contribution in [-0.4, -0.2) is 69.0 Å². The van der Waals surface area contributed by atoms with E-state index in [2.05, 4.69) is 20.9 Å². The lowest BCUT2D eigenvalue weighted by Crippen LogP contribution is -2.34. The Morgan fingerprint density at radius 3 is 2.45 bits per heavy atom. The van der Waals surface area contributed by atoms with Crippen LogP contribution in [0.1, 0.15) is 10.4 Å². The van der Waals surface area contributed by atoms with Crippen LogP contribution in [0.2, 0.25) is 0 Å². The molecule has 0 saturated heterocycles. The van der Waals surface area contributed by atoms with E-state index in [0.717, 1.165) is 17.8 Å². The zero-order valence-corrected chi connectivity index (χ0v) is 23.3. The summed E-state index contributed by atoms with van der Waals surface area (Å²) < 4.78 is 40.3. The van der Waals surface area contributed by atoms with Crippen LogP contribution >= 0.6 is 11.3 Å². The maximum absolute atomic E-state index is 13.4. The van der Waals surface area contributed by atoms with E-state index in [1.807, 2.05) is 19.0 Å². The summed E-state index contributed by atoms with van der Waals surface area (Å²) in [6.45, 7) is 1.02. The Bertz CT molecular complexity index is 1730. The van der Waals surface area contributed by atoms with E-state index in [4.69, 9.17) is 0 Å². The fourth-order valence-corrected chi connectivity index (χ4v) is 5.62. The summed E-state index contributed by atoms with van der Waals surface area (Å²) in [5.41, 5.74) is 0.708. The van der Waals surface area contributed by atoms with Gasteiger partial charge in [0.15, 0.2) is 5.13 Å². The molecule has 40 heavy (non-hydrogen) atoms. The number of likely N-dealkylation sites (N-methyl/N-ethyl adjacent to an activating group) is 1. The Hall–Kier alpha value is -4.34. The van der Waals surface area contributed by atoms with E-state index in [1.54, 1.807) is 30.0 Å². The zero-order valence-electron chi connectivity index (χ0n) is 21.7. The molecule has 3 heterocycles. The van der Waals surface area contributed by atoms with E-state index in [-0.39, 0.29) is 27.2 Å². The first-order chi connectivity index (χ1) is 19.0. The number of anilines is 2. The molecule has 0 spiro atoms. The molecular weight excluding hydrogens is 561 g/mol. The lowest BCUT2D eigenvalue weighted by Gasteiger charge is -2.15. The SMILES string of the molecule is CNc1ccc2c(=O)n(-c3ccc(NC(=O)NS(=O)(=O)c4ccc(F)s4)cn3)cc(C(=O)NCCN(C)C)c2c1. The molecule has 4 rings (SSSR count). The summed E-state index contributed by atoms with van der Waals surface area (Å²) in [5.74, 6) is -0.199. The normalized spacial score (nSPS) is 11.4. The summed E-state index contributed by atoms with van der Waals surface area (Å²) in [6.07, 6.45) is 2.63. The Kier molecular flexibility index (Phi) is 8.46. The van der Waals surface area contributed by atoms with Gasteiger partial charge in [0, 0.05) is 42.8 Å². The van der Waals surface area contributed by atoms with Gasteiger partial charge in [-0.15, -0.1) is 0 Å². The minimum atomic E-state index is -4.26. The summed E-state index contributed by atoms with van der Waals surface area (Å²) in [5, 5.41) is 8.26. The first-order valence-corrected chi connectivity index (χ1v) is 14.1. The van der Waals surface area contributed by atoms with E-state index in [1.165, 1.54) is 29.1 Å². The zero-order chi connectivity index (χ0) is 29.0. The standard InChI is InChI=1S/C25H26FN7O5S2/c1-27-15-4-6-17-18(12-15)19(23(34)28-10-11-32(2)3)14-33(24(17)35)21-8-5-16(13-29-21)30-25(36)31-40(37,38)22-9-7-20(26)39-22/h4-9,12-14,27H,10-11H2,1-3H3,(H,28,34)(H2,30,31,36). The van der Waals surface area contributed by atoms with Crippen molar-refractivity contribution in [3.8, 4) is 5.82 Å². The third-order valence-electron chi connectivity index (χ3n) is 5.69. The van der Waals surface area contributed by atoms with Crippen molar-refractivity contribution in [2.24, 2.45) is 0 Å². The molecule has 0 atom stereocenters. The fourth-order valence-electron chi connectivity index (χ4n) is 3.71. The number of aromatic nitrogens is 2. The molecule has 15 heteroatoms. The minimum absolute atomic E-state index is 0.128. The molecule has 12 nitrogen and oxygen atoms in total. The van der Waals surface area contributed by atoms with Gasteiger partial charge in [0.05, 0.1) is 17.4 Å². The maximum atomic E-state index is 13.4. The second-order valence-corrected chi connectivity index (χ2v) is 11.8. The minimum Gasteiger partial charge on any atom is -0.388 e. The number of halogens is 1. The van der Waals surface area contributed by atoms with Crippen LogP contribution in [0.4, 0.5) is 20.6 Å². The quantitative estimate of drug-likeness (QED) is 0.233. The van der Waals surface area contributed by atoms with Gasteiger partial charge in [-0.3, -0.25) is 14.2 Å². The topological polar surface area (TPSA) is 155 Å². The molecule has 3 aromatic heterocycles. The van der Waals surface area contributed by atoms with Gasteiger partial charge in [-0.2, -0.15) is 4.39 Å². The van der Waals surface area contributed by atoms with Gasteiger partial charge >= 0.3 is 6.03 Å². The Balaban J connectivity index is 1.61. The van der Waals surface area contributed by atoms with Crippen molar-refractivity contribution < 1.29 is 22.4 Å². The number of pyridine rings is 2. The molecule has 4 N–H and O–H groups in total. The fraction of sp³-hybridized carbons (Fsp3) is 0.200. The highest BCUT2D eigenvalue weighted by Gasteiger charge is 2.21. The van der Waals surface area contributed by atoms with Crippen LogP contribution in [-0.2, 0) is 10.0 Å². The van der Waals surface area contributed by atoms with E-state index in [0.29, 0.717) is 35.2 Å². The number of urea groups is 1. The second-order valence-electron chi connectivity index (χ2n) is 8.81. The first-order valence-electron chi connectivity index (χ1n) is 11.8. The smallest absolute Gasteiger partial charge is 0.333 e. The predicted octanol–water partition coefficient (Wildman–Crippen LogP) is 2.43. The van der Waals surface area contributed by atoms with Crippen molar-refractivity contribution in [2.45, 2.75) is 4.21 Å². The third-order valence-corrected chi connectivity index (χ3v) is 8.38. The van der Waals surface area contributed by atoms with Crippen molar-refractivity contribution in [1.29, 1.82) is 0 Å². The molecule has 0 bridgehead atoms. The number of thiophene rings is 1. The average molecular weight is 588 g/mol. The molecule has 0 unspecified atom stereocenters. The number of rotatable bonds is 9. The number of fused-ring (bicyclic) bond motifs is 1. The molecule has 0 aliphatic rings. The van der Waals surface area contributed by atoms with Crippen molar-refractivity contribution in [1.82, 2.24) is 24.5 Å². The van der Waals surface area contributed by atoms with Gasteiger partial charge in [-0.1, -0.05) is 11.3 Å². The molecule has 0 aliphatic heterocycles. The van der Waals surface area contributed by atoms with Gasteiger partial charge < -0.3 is 20.9 Å². The molecule has 4 aromatic rings. The molecule has 0 fully saturated rings. The summed E-state index contributed by atoms with van der Waals surface area (Å²) >= 11 is 0.379. The number of hydrogen-bond acceptors (Lipinski definition) is 9. The van der Waals surface area contributed by atoms with E-state index < -0.39 is 26.7 Å². The molecule has 0 aliphatic carbocycles. The van der Waals surface area contributed by atoms with Crippen LogP contribution in [0.15, 0.2) is 63.9 Å². The van der Waals surface area contributed by atoms with Gasteiger partial charge in [-0.25, -0.2) is 22.9 Å². The Labute approximate surface area is 232 Å². The van der Waals surface area contributed by atoms with Crippen molar-refractivity contribution in [3.05, 3.63) is 75.9 Å². The molecule has 0 radical (unpaired) electrons. The van der Waals surface area contributed by atoms with Crippen molar-refractivity contribution >= 4 is 55.4 Å². The first kappa shape index (κ1) is 28.7. The van der Waals surface area contributed by atoms with Gasteiger partial charge in [0.2, 0.25) is 0 Å². The number of sulfonamides is 1. The molecular formula is C25H26FN7O5S2. The lowest BCUT2D eigenvalue weighted by atomic mass is 10.1.